The highest BCUT2D eigenvalue weighted by molar-refractivity contribution is 8.19. The second-order valence-electron chi connectivity index (χ2n) is 6.83. The number of hydrogen-bond donors (Lipinski definition) is 0. The molecule has 0 aromatic heterocycles. The number of ether oxygens (including phenoxy) is 3. The predicted octanol–water partition coefficient (Wildman–Crippen LogP) is 4.35. The summed E-state index contributed by atoms with van der Waals surface area (Å²) in [6.45, 7) is 5.04. The molecule has 0 spiro atoms. The van der Waals surface area contributed by atoms with Crippen molar-refractivity contribution in [1.29, 1.82) is 0 Å². The Morgan fingerprint density at radius 1 is 1.14 bits per heavy atom. The van der Waals surface area contributed by atoms with Gasteiger partial charge in [0.1, 0.15) is 19.0 Å². The molecular formula is C22H22N2O4S. The number of carbonyl (C=O) groups excluding carboxylic acids is 1. The highest BCUT2D eigenvalue weighted by Crippen LogP contribution is 2.40. The molecule has 1 saturated heterocycles. The van der Waals surface area contributed by atoms with Crippen LogP contribution in [0.25, 0.3) is 6.08 Å². The third-order valence-corrected chi connectivity index (χ3v) is 5.35. The summed E-state index contributed by atoms with van der Waals surface area (Å²) < 4.78 is 16.7. The van der Waals surface area contributed by atoms with Gasteiger partial charge < -0.3 is 14.2 Å². The number of anilines is 1. The molecule has 0 aliphatic carbocycles. The Morgan fingerprint density at radius 2 is 1.90 bits per heavy atom. The van der Waals surface area contributed by atoms with Gasteiger partial charge in [-0.3, -0.25) is 14.7 Å². The van der Waals surface area contributed by atoms with Gasteiger partial charge in [-0.15, -0.1) is 0 Å². The van der Waals surface area contributed by atoms with E-state index in [1.54, 1.807) is 12.0 Å². The third kappa shape index (κ3) is 3.96. The third-order valence-electron chi connectivity index (χ3n) is 4.37. The Balaban J connectivity index is 1.73. The van der Waals surface area contributed by atoms with E-state index in [1.165, 1.54) is 11.8 Å². The first kappa shape index (κ1) is 19.4. The van der Waals surface area contributed by atoms with E-state index in [2.05, 4.69) is 4.99 Å². The van der Waals surface area contributed by atoms with Gasteiger partial charge in [0, 0.05) is 6.04 Å². The molecule has 0 saturated carbocycles. The number of hydrogen-bond acceptors (Lipinski definition) is 6. The minimum Gasteiger partial charge on any atom is -0.495 e. The number of aliphatic imine (C=N–C) groups is 1. The van der Waals surface area contributed by atoms with Crippen LogP contribution in [0.1, 0.15) is 19.4 Å². The SMILES string of the molecule is COc1ccccc1N1C(=O)/C(=C/c2ccc3c(c2)OCCO3)SC1=NC(C)C. The van der Waals surface area contributed by atoms with Crippen molar-refractivity contribution >= 4 is 34.6 Å². The van der Waals surface area contributed by atoms with E-state index in [1.807, 2.05) is 62.4 Å². The van der Waals surface area contributed by atoms with Gasteiger partial charge in [-0.2, -0.15) is 0 Å². The van der Waals surface area contributed by atoms with E-state index in [4.69, 9.17) is 14.2 Å². The molecule has 0 unspecified atom stereocenters. The molecule has 7 heteroatoms. The van der Waals surface area contributed by atoms with E-state index in [0.29, 0.717) is 40.5 Å². The number of nitrogens with zero attached hydrogens (tertiary/aromatic N) is 2. The summed E-state index contributed by atoms with van der Waals surface area (Å²) in [5.41, 5.74) is 1.55. The van der Waals surface area contributed by atoms with Crippen molar-refractivity contribution in [1.82, 2.24) is 0 Å². The van der Waals surface area contributed by atoms with Gasteiger partial charge in [-0.1, -0.05) is 18.2 Å². The molecule has 2 aliphatic rings. The van der Waals surface area contributed by atoms with E-state index >= 15 is 0 Å². The number of para-hydroxylation sites is 2. The van der Waals surface area contributed by atoms with Crippen LogP contribution in [0.15, 0.2) is 52.4 Å². The zero-order chi connectivity index (χ0) is 20.4. The van der Waals surface area contributed by atoms with Gasteiger partial charge in [-0.25, -0.2) is 0 Å². The van der Waals surface area contributed by atoms with Crippen LogP contribution in [0.4, 0.5) is 5.69 Å². The predicted molar refractivity (Wildman–Crippen MR) is 116 cm³/mol. The number of methoxy groups -OCH3 is 1. The van der Waals surface area contributed by atoms with Crippen molar-refractivity contribution in [2.45, 2.75) is 19.9 Å². The Labute approximate surface area is 174 Å². The van der Waals surface area contributed by atoms with Crippen molar-refractivity contribution in [2.75, 3.05) is 25.2 Å². The van der Waals surface area contributed by atoms with E-state index < -0.39 is 0 Å². The number of thioether (sulfide) groups is 1. The van der Waals surface area contributed by atoms with Crippen molar-refractivity contribution < 1.29 is 19.0 Å². The van der Waals surface area contributed by atoms with Crippen LogP contribution in [0.2, 0.25) is 0 Å². The fourth-order valence-electron chi connectivity index (χ4n) is 3.11. The lowest BCUT2D eigenvalue weighted by atomic mass is 10.1. The minimum absolute atomic E-state index is 0.0520. The molecule has 4 rings (SSSR count). The monoisotopic (exact) mass is 410 g/mol. The van der Waals surface area contributed by atoms with Gasteiger partial charge in [-0.05, 0) is 61.5 Å². The quantitative estimate of drug-likeness (QED) is 0.702. The first-order chi connectivity index (χ1) is 14.1. The minimum atomic E-state index is -0.131. The molecule has 0 bridgehead atoms. The maximum absolute atomic E-state index is 13.3. The molecule has 2 aromatic carbocycles. The molecule has 29 heavy (non-hydrogen) atoms. The normalized spacial score (nSPS) is 18.8. The molecule has 150 valence electrons. The van der Waals surface area contributed by atoms with Crippen LogP contribution in [0.5, 0.6) is 17.2 Å². The maximum Gasteiger partial charge on any atom is 0.271 e. The summed E-state index contributed by atoms with van der Waals surface area (Å²) in [5.74, 6) is 1.91. The Kier molecular flexibility index (Phi) is 5.49. The Hall–Kier alpha value is -2.93. The first-order valence-corrected chi connectivity index (χ1v) is 10.2. The summed E-state index contributed by atoms with van der Waals surface area (Å²) in [7, 11) is 1.59. The van der Waals surface area contributed by atoms with Crippen LogP contribution in [0, 0.1) is 0 Å². The first-order valence-electron chi connectivity index (χ1n) is 9.41. The van der Waals surface area contributed by atoms with Crippen LogP contribution in [-0.2, 0) is 4.79 Å². The molecule has 0 radical (unpaired) electrons. The van der Waals surface area contributed by atoms with Crippen molar-refractivity contribution in [2.24, 2.45) is 4.99 Å². The molecule has 1 amide bonds. The van der Waals surface area contributed by atoms with Crippen LogP contribution in [-0.4, -0.2) is 37.4 Å². The van der Waals surface area contributed by atoms with E-state index in [0.717, 1.165) is 11.3 Å². The lowest BCUT2D eigenvalue weighted by molar-refractivity contribution is -0.113. The van der Waals surface area contributed by atoms with Crippen LogP contribution in [0.3, 0.4) is 0 Å². The number of fused-ring (bicyclic) bond motifs is 1. The summed E-state index contributed by atoms with van der Waals surface area (Å²) in [6, 6.07) is 13.2. The summed E-state index contributed by atoms with van der Waals surface area (Å²) in [6.07, 6.45) is 1.86. The highest BCUT2D eigenvalue weighted by atomic mass is 32.2. The number of carbonyl (C=O) groups is 1. The number of amides is 1. The van der Waals surface area contributed by atoms with Gasteiger partial charge in [0.15, 0.2) is 16.7 Å². The standard InChI is InChI=1S/C22H22N2O4S/c1-14(2)23-22-24(16-6-4-5-7-17(16)26-3)21(25)20(29-22)13-15-8-9-18-19(12-15)28-11-10-27-18/h4-9,12-14H,10-11H2,1-3H3/b20-13-,23-22?. The molecule has 1 fully saturated rings. The molecule has 2 aromatic rings. The Bertz CT molecular complexity index is 1000. The molecular weight excluding hydrogens is 388 g/mol. The second kappa shape index (κ2) is 8.21. The van der Waals surface area contributed by atoms with Gasteiger partial charge >= 0.3 is 0 Å². The Morgan fingerprint density at radius 3 is 2.66 bits per heavy atom. The molecule has 2 aliphatic heterocycles. The van der Waals surface area contributed by atoms with Crippen molar-refractivity contribution in [3.8, 4) is 17.2 Å². The van der Waals surface area contributed by atoms with E-state index in [9.17, 15) is 4.79 Å². The zero-order valence-corrected chi connectivity index (χ0v) is 17.4. The number of amidine groups is 1. The smallest absolute Gasteiger partial charge is 0.271 e. The van der Waals surface area contributed by atoms with E-state index in [-0.39, 0.29) is 11.9 Å². The fraction of sp³-hybridized carbons (Fsp3) is 0.273. The number of benzene rings is 2. The molecule has 0 atom stereocenters. The number of rotatable bonds is 4. The van der Waals surface area contributed by atoms with Crippen molar-refractivity contribution in [3.05, 3.63) is 52.9 Å². The van der Waals surface area contributed by atoms with Crippen molar-refractivity contribution in [3.63, 3.8) is 0 Å². The summed E-state index contributed by atoms with van der Waals surface area (Å²) in [4.78, 5) is 20.2. The lowest BCUT2D eigenvalue weighted by Crippen LogP contribution is -2.29. The van der Waals surface area contributed by atoms with Gasteiger partial charge in [0.2, 0.25) is 0 Å². The molecule has 0 N–H and O–H groups in total. The highest BCUT2D eigenvalue weighted by Gasteiger charge is 2.36. The lowest BCUT2D eigenvalue weighted by Gasteiger charge is -2.19. The average Bonchev–Trinajstić information content (AvgIpc) is 3.01. The van der Waals surface area contributed by atoms with Gasteiger partial charge in [0.25, 0.3) is 5.91 Å². The average molecular weight is 410 g/mol. The van der Waals surface area contributed by atoms with Crippen LogP contribution < -0.4 is 19.1 Å². The largest absolute Gasteiger partial charge is 0.495 e. The topological polar surface area (TPSA) is 60.4 Å². The maximum atomic E-state index is 13.3. The van der Waals surface area contributed by atoms with Gasteiger partial charge in [0.05, 0.1) is 17.7 Å². The summed E-state index contributed by atoms with van der Waals surface area (Å²) in [5, 5.41) is 0.637. The zero-order valence-electron chi connectivity index (χ0n) is 16.5. The summed E-state index contributed by atoms with van der Waals surface area (Å²) >= 11 is 1.36. The van der Waals surface area contributed by atoms with Crippen LogP contribution >= 0.6 is 11.8 Å². The molecule has 2 heterocycles. The fourth-order valence-corrected chi connectivity index (χ4v) is 4.22. The molecule has 6 nitrogen and oxygen atoms in total. The second-order valence-corrected chi connectivity index (χ2v) is 7.84.